The highest BCUT2D eigenvalue weighted by atomic mass is 79.9. The molecule has 0 amide bonds. The zero-order valence-electron chi connectivity index (χ0n) is 12.5. The smallest absolute Gasteiger partial charge is 0.207 e. The molecule has 112 valence electrons. The van der Waals surface area contributed by atoms with Crippen LogP contribution < -0.4 is 0 Å². The first-order valence-corrected chi connectivity index (χ1v) is 9.25. The van der Waals surface area contributed by atoms with Gasteiger partial charge < -0.3 is 0 Å². The molecule has 20 heavy (non-hydrogen) atoms. The first-order chi connectivity index (χ1) is 9.25. The van der Waals surface area contributed by atoms with Gasteiger partial charge in [-0.3, -0.25) is 0 Å². The van der Waals surface area contributed by atoms with Crippen LogP contribution >= 0.6 is 15.9 Å². The van der Waals surface area contributed by atoms with E-state index in [4.69, 9.17) is 0 Å². The monoisotopic (exact) mass is 359 g/mol. The number of nitrogens with zero attached hydrogens (tertiary/aromatic N) is 1. The lowest BCUT2D eigenvalue weighted by atomic mass is 10.0. The van der Waals surface area contributed by atoms with E-state index in [0.717, 1.165) is 34.0 Å². The molecule has 1 fully saturated rings. The van der Waals surface area contributed by atoms with Crippen molar-refractivity contribution in [3.05, 3.63) is 27.2 Å². The normalized spacial score (nSPS) is 21.1. The fourth-order valence-corrected chi connectivity index (χ4v) is 5.51. The van der Waals surface area contributed by atoms with Crippen molar-refractivity contribution in [2.75, 3.05) is 13.1 Å². The summed E-state index contributed by atoms with van der Waals surface area (Å²) in [6.45, 7) is 9.14. The van der Waals surface area contributed by atoms with Gasteiger partial charge in [-0.25, -0.2) is 8.42 Å². The van der Waals surface area contributed by atoms with Gasteiger partial charge in [0.2, 0.25) is 10.0 Å². The van der Waals surface area contributed by atoms with Crippen LogP contribution in [-0.2, 0) is 10.0 Å². The Balaban J connectivity index is 2.52. The Morgan fingerprint density at radius 2 is 1.90 bits per heavy atom. The van der Waals surface area contributed by atoms with Crippen LogP contribution in [0.15, 0.2) is 15.4 Å². The number of halogens is 1. The van der Waals surface area contributed by atoms with Crippen LogP contribution in [0.5, 0.6) is 0 Å². The number of sulfonamides is 1. The molecule has 1 aromatic carbocycles. The highest BCUT2D eigenvalue weighted by molar-refractivity contribution is 9.10. The summed E-state index contributed by atoms with van der Waals surface area (Å²) < 4.78 is 28.4. The van der Waals surface area contributed by atoms with E-state index in [9.17, 15) is 8.42 Å². The molecular weight excluding hydrogens is 338 g/mol. The van der Waals surface area contributed by atoms with Gasteiger partial charge in [-0.1, -0.05) is 28.9 Å². The predicted molar refractivity (Wildman–Crippen MR) is 85.5 cm³/mol. The van der Waals surface area contributed by atoms with Crippen LogP contribution in [0, 0.1) is 26.7 Å². The van der Waals surface area contributed by atoms with Crippen molar-refractivity contribution in [3.8, 4) is 0 Å². The number of aryl methyl sites for hydroxylation is 2. The lowest BCUT2D eigenvalue weighted by Gasteiger charge is -2.31. The van der Waals surface area contributed by atoms with Crippen molar-refractivity contribution in [3.63, 3.8) is 0 Å². The Morgan fingerprint density at radius 3 is 2.50 bits per heavy atom. The number of rotatable bonds is 2. The van der Waals surface area contributed by atoms with Gasteiger partial charge in [-0.15, -0.1) is 0 Å². The number of hydrogen-bond donors (Lipinski definition) is 0. The van der Waals surface area contributed by atoms with Crippen molar-refractivity contribution < 1.29 is 8.42 Å². The molecule has 0 aliphatic carbocycles. The molecule has 0 N–H and O–H groups in total. The highest BCUT2D eigenvalue weighted by Gasteiger charge is 2.31. The van der Waals surface area contributed by atoms with Crippen LogP contribution in [0.2, 0.25) is 0 Å². The quantitative estimate of drug-likeness (QED) is 0.805. The van der Waals surface area contributed by atoms with Gasteiger partial charge in [-0.2, -0.15) is 4.31 Å². The minimum atomic E-state index is -3.39. The van der Waals surface area contributed by atoms with Crippen LogP contribution in [0.25, 0.3) is 0 Å². The van der Waals surface area contributed by atoms with Gasteiger partial charge >= 0.3 is 0 Å². The maximum atomic E-state index is 12.9. The Morgan fingerprint density at radius 1 is 1.25 bits per heavy atom. The molecule has 1 atom stereocenters. The molecule has 0 unspecified atom stereocenters. The minimum absolute atomic E-state index is 0.438. The fraction of sp³-hybridized carbons (Fsp3) is 0.600. The number of benzene rings is 1. The average Bonchev–Trinajstić information content (AvgIpc) is 2.36. The molecule has 1 aliphatic heterocycles. The van der Waals surface area contributed by atoms with Crippen LogP contribution in [0.1, 0.15) is 36.5 Å². The maximum Gasteiger partial charge on any atom is 0.243 e. The van der Waals surface area contributed by atoms with Crippen LogP contribution in [0.3, 0.4) is 0 Å². The number of hydrogen-bond acceptors (Lipinski definition) is 2. The number of piperidine rings is 1. The van der Waals surface area contributed by atoms with Gasteiger partial charge in [0.05, 0.1) is 4.90 Å². The van der Waals surface area contributed by atoms with Crippen LogP contribution in [-0.4, -0.2) is 25.8 Å². The molecule has 0 radical (unpaired) electrons. The second-order valence-electron chi connectivity index (χ2n) is 5.89. The third-order valence-electron chi connectivity index (χ3n) is 4.02. The van der Waals surface area contributed by atoms with E-state index in [1.165, 1.54) is 0 Å². The topological polar surface area (TPSA) is 37.4 Å². The lowest BCUT2D eigenvalue weighted by molar-refractivity contribution is 0.281. The minimum Gasteiger partial charge on any atom is -0.207 e. The van der Waals surface area contributed by atoms with E-state index in [-0.39, 0.29) is 0 Å². The van der Waals surface area contributed by atoms with E-state index >= 15 is 0 Å². The SMILES string of the molecule is Cc1cc(C)c(S(=O)(=O)N2CCC[C@@H](C)C2)c(C)c1Br. The summed E-state index contributed by atoms with van der Waals surface area (Å²) in [6, 6.07) is 1.94. The summed E-state index contributed by atoms with van der Waals surface area (Å²) >= 11 is 3.51. The second-order valence-corrected chi connectivity index (χ2v) is 8.56. The van der Waals surface area contributed by atoms with Crippen LogP contribution in [0.4, 0.5) is 0 Å². The summed E-state index contributed by atoms with van der Waals surface area (Å²) in [5.74, 6) is 0.438. The van der Waals surface area contributed by atoms with E-state index in [0.29, 0.717) is 23.9 Å². The van der Waals surface area contributed by atoms with Gasteiger partial charge in [0.1, 0.15) is 0 Å². The Hall–Kier alpha value is -0.390. The molecule has 1 aliphatic rings. The summed E-state index contributed by atoms with van der Waals surface area (Å²) in [6.07, 6.45) is 2.06. The van der Waals surface area contributed by atoms with Gasteiger partial charge in [0.15, 0.2) is 0 Å². The van der Waals surface area contributed by atoms with E-state index in [1.807, 2.05) is 26.8 Å². The molecule has 0 aromatic heterocycles. The molecule has 0 spiro atoms. The lowest BCUT2D eigenvalue weighted by Crippen LogP contribution is -2.39. The highest BCUT2D eigenvalue weighted by Crippen LogP contribution is 2.33. The third-order valence-corrected chi connectivity index (χ3v) is 7.40. The first-order valence-electron chi connectivity index (χ1n) is 7.01. The second kappa shape index (κ2) is 5.78. The Kier molecular flexibility index (Phi) is 4.62. The summed E-state index contributed by atoms with van der Waals surface area (Å²) in [5.41, 5.74) is 2.73. The van der Waals surface area contributed by atoms with Crippen molar-refractivity contribution in [2.24, 2.45) is 5.92 Å². The van der Waals surface area contributed by atoms with Crippen molar-refractivity contribution in [1.82, 2.24) is 4.31 Å². The Bertz CT molecular complexity index is 625. The zero-order valence-corrected chi connectivity index (χ0v) is 14.9. The average molecular weight is 360 g/mol. The standard InChI is InChI=1S/C15H22BrNO2S/c1-10-6-5-7-17(9-10)20(18,19)15-12(3)8-11(2)14(16)13(15)4/h8,10H,5-7,9H2,1-4H3/t10-/m1/s1. The van der Waals surface area contributed by atoms with Gasteiger partial charge in [-0.05, 0) is 56.2 Å². The van der Waals surface area contributed by atoms with Crippen molar-refractivity contribution in [1.29, 1.82) is 0 Å². The van der Waals surface area contributed by atoms with E-state index in [2.05, 4.69) is 22.9 Å². The van der Waals surface area contributed by atoms with E-state index < -0.39 is 10.0 Å². The summed E-state index contributed by atoms with van der Waals surface area (Å²) in [4.78, 5) is 0.476. The predicted octanol–water partition coefficient (Wildman–Crippen LogP) is 3.79. The first kappa shape index (κ1) is 16.0. The zero-order chi connectivity index (χ0) is 15.1. The van der Waals surface area contributed by atoms with Gasteiger partial charge in [0.25, 0.3) is 0 Å². The molecule has 1 aromatic rings. The molecule has 0 saturated carbocycles. The van der Waals surface area contributed by atoms with Crippen molar-refractivity contribution in [2.45, 2.75) is 45.4 Å². The summed E-state index contributed by atoms with van der Waals surface area (Å²) in [7, 11) is -3.39. The summed E-state index contributed by atoms with van der Waals surface area (Å²) in [5, 5.41) is 0. The third kappa shape index (κ3) is 2.81. The van der Waals surface area contributed by atoms with Crippen molar-refractivity contribution >= 4 is 26.0 Å². The molecule has 0 bridgehead atoms. The molecule has 1 saturated heterocycles. The molecule has 1 heterocycles. The fourth-order valence-electron chi connectivity index (χ4n) is 3.04. The maximum absolute atomic E-state index is 12.9. The van der Waals surface area contributed by atoms with Gasteiger partial charge in [0, 0.05) is 17.6 Å². The molecule has 5 heteroatoms. The Labute approximate surface area is 130 Å². The van der Waals surface area contributed by atoms with E-state index in [1.54, 1.807) is 4.31 Å². The molecular formula is C15H22BrNO2S. The molecule has 2 rings (SSSR count). The molecule has 3 nitrogen and oxygen atoms in total. The largest absolute Gasteiger partial charge is 0.243 e.